The molecule has 0 bridgehead atoms. The van der Waals surface area contributed by atoms with Gasteiger partial charge in [-0.15, -0.1) is 0 Å². The number of nitrogens with one attached hydrogen (secondary N) is 1. The van der Waals surface area contributed by atoms with E-state index >= 15 is 0 Å². The number of halogens is 1. The van der Waals surface area contributed by atoms with Crippen LogP contribution in [0.5, 0.6) is 11.5 Å². The van der Waals surface area contributed by atoms with Crippen LogP contribution in [0.25, 0.3) is 0 Å². The minimum absolute atomic E-state index is 0.0834. The van der Waals surface area contributed by atoms with Crippen molar-refractivity contribution in [3.63, 3.8) is 0 Å². The van der Waals surface area contributed by atoms with Gasteiger partial charge in [0.1, 0.15) is 11.9 Å². The molecule has 0 fully saturated rings. The van der Waals surface area contributed by atoms with Crippen LogP contribution in [-0.2, 0) is 22.6 Å². The smallest absolute Gasteiger partial charge is 0.251 e. The maximum Gasteiger partial charge on any atom is 0.251 e. The monoisotopic (exact) mass is 539 g/mol. The van der Waals surface area contributed by atoms with Gasteiger partial charge in [0.2, 0.25) is 12.7 Å². The molecule has 4 aromatic carbocycles. The zero-order valence-corrected chi connectivity index (χ0v) is 22.3. The van der Waals surface area contributed by atoms with Gasteiger partial charge in [-0.1, -0.05) is 48.5 Å². The highest BCUT2D eigenvalue weighted by Crippen LogP contribution is 2.36. The van der Waals surface area contributed by atoms with Crippen molar-refractivity contribution in [2.45, 2.75) is 19.0 Å². The molecule has 0 aromatic heterocycles. The van der Waals surface area contributed by atoms with E-state index in [-0.39, 0.29) is 37.4 Å². The first-order chi connectivity index (χ1) is 19.4. The number of carbonyl (C=O) groups excluding carboxylic acids is 2. The summed E-state index contributed by atoms with van der Waals surface area (Å²) in [4.78, 5) is 31.4. The summed E-state index contributed by atoms with van der Waals surface area (Å²) >= 11 is 0. The van der Waals surface area contributed by atoms with E-state index in [1.807, 2.05) is 73.6 Å². The molecule has 0 radical (unpaired) electrons. The second-order valence-corrected chi connectivity index (χ2v) is 9.76. The predicted octanol–water partition coefficient (Wildman–Crippen LogP) is 5.57. The molecular weight excluding hydrogens is 509 g/mol. The SMILES string of the molecule is CN(C)c1ccc(NC(=O)C(c2ccc3c(c2)OCO3)N(Cc2ccc(F)cc2)C(=O)Cc2ccccc2)cc1. The van der Waals surface area contributed by atoms with Gasteiger partial charge in [-0.3, -0.25) is 9.59 Å². The summed E-state index contributed by atoms with van der Waals surface area (Å²) in [6.45, 7) is 0.179. The van der Waals surface area contributed by atoms with Crippen LogP contribution < -0.4 is 19.7 Å². The maximum absolute atomic E-state index is 14.0. The van der Waals surface area contributed by atoms with E-state index in [0.29, 0.717) is 28.3 Å². The Labute approximate surface area is 232 Å². The summed E-state index contributed by atoms with van der Waals surface area (Å²) in [7, 11) is 3.88. The third-order valence-corrected chi connectivity index (χ3v) is 6.71. The molecule has 8 heteroatoms. The molecule has 1 aliphatic heterocycles. The van der Waals surface area contributed by atoms with Crippen molar-refractivity contribution < 1.29 is 23.5 Å². The van der Waals surface area contributed by atoms with E-state index in [9.17, 15) is 14.0 Å². The Hall–Kier alpha value is -4.85. The summed E-state index contributed by atoms with van der Waals surface area (Å²) < 4.78 is 24.8. The molecule has 4 aromatic rings. The first-order valence-corrected chi connectivity index (χ1v) is 12.9. The van der Waals surface area contributed by atoms with Gasteiger partial charge in [0, 0.05) is 32.0 Å². The van der Waals surface area contributed by atoms with Gasteiger partial charge in [0.25, 0.3) is 5.91 Å². The Morgan fingerprint density at radius 1 is 0.850 bits per heavy atom. The van der Waals surface area contributed by atoms with E-state index in [1.165, 1.54) is 17.0 Å². The van der Waals surface area contributed by atoms with Crippen LogP contribution in [0.15, 0.2) is 97.1 Å². The lowest BCUT2D eigenvalue weighted by atomic mass is 10.0. The van der Waals surface area contributed by atoms with Crippen molar-refractivity contribution in [3.05, 3.63) is 120 Å². The zero-order valence-electron chi connectivity index (χ0n) is 22.3. The largest absolute Gasteiger partial charge is 0.454 e. The predicted molar refractivity (Wildman–Crippen MR) is 152 cm³/mol. The number of fused-ring (bicyclic) bond motifs is 1. The molecule has 1 atom stereocenters. The molecule has 1 heterocycles. The fraction of sp³-hybridized carbons (Fsp3) is 0.188. The summed E-state index contributed by atoms with van der Waals surface area (Å²) in [6, 6.07) is 27.0. The van der Waals surface area contributed by atoms with Gasteiger partial charge >= 0.3 is 0 Å². The van der Waals surface area contributed by atoms with Crippen LogP contribution in [0, 0.1) is 5.82 Å². The summed E-state index contributed by atoms with van der Waals surface area (Å²) in [6.07, 6.45) is 0.0912. The Balaban J connectivity index is 1.53. The molecular formula is C32H30FN3O4. The number of benzene rings is 4. The highest BCUT2D eigenvalue weighted by molar-refractivity contribution is 5.98. The second-order valence-electron chi connectivity index (χ2n) is 9.76. The summed E-state index contributed by atoms with van der Waals surface area (Å²) in [5.41, 5.74) is 3.66. The number of carbonyl (C=O) groups is 2. The van der Waals surface area contributed by atoms with Crippen molar-refractivity contribution in [1.82, 2.24) is 4.90 Å². The van der Waals surface area contributed by atoms with E-state index in [2.05, 4.69) is 5.32 Å². The first kappa shape index (κ1) is 26.7. The molecule has 0 saturated carbocycles. The van der Waals surface area contributed by atoms with Gasteiger partial charge < -0.3 is 24.6 Å². The highest BCUT2D eigenvalue weighted by atomic mass is 19.1. The fourth-order valence-electron chi connectivity index (χ4n) is 4.59. The molecule has 0 spiro atoms. The number of ether oxygens (including phenoxy) is 2. The normalized spacial score (nSPS) is 12.5. The Morgan fingerprint density at radius 3 is 2.25 bits per heavy atom. The van der Waals surface area contributed by atoms with E-state index < -0.39 is 6.04 Å². The van der Waals surface area contributed by atoms with Crippen molar-refractivity contribution >= 4 is 23.2 Å². The molecule has 7 nitrogen and oxygen atoms in total. The number of hydrogen-bond acceptors (Lipinski definition) is 5. The Bertz CT molecular complexity index is 1470. The van der Waals surface area contributed by atoms with Crippen LogP contribution in [0.4, 0.5) is 15.8 Å². The van der Waals surface area contributed by atoms with Gasteiger partial charge in [0.05, 0.1) is 6.42 Å². The quantitative estimate of drug-likeness (QED) is 0.301. The lowest BCUT2D eigenvalue weighted by Crippen LogP contribution is -2.41. The molecule has 1 N–H and O–H groups in total. The summed E-state index contributed by atoms with van der Waals surface area (Å²) in [5, 5.41) is 2.99. The molecule has 5 rings (SSSR count). The highest BCUT2D eigenvalue weighted by Gasteiger charge is 2.33. The lowest BCUT2D eigenvalue weighted by molar-refractivity contribution is -0.139. The number of hydrogen-bond donors (Lipinski definition) is 1. The second kappa shape index (κ2) is 11.9. The van der Waals surface area contributed by atoms with Crippen LogP contribution >= 0.6 is 0 Å². The third-order valence-electron chi connectivity index (χ3n) is 6.71. The number of amides is 2. The molecule has 40 heavy (non-hydrogen) atoms. The molecule has 204 valence electrons. The van der Waals surface area contributed by atoms with Crippen LogP contribution in [-0.4, -0.2) is 37.6 Å². The lowest BCUT2D eigenvalue weighted by Gasteiger charge is -2.32. The standard InChI is InChI=1S/C32H30FN3O4/c1-35(2)27-15-13-26(14-16-27)34-32(38)31(24-10-17-28-29(19-24)40-21-39-28)36(20-23-8-11-25(33)12-9-23)30(37)18-22-6-4-3-5-7-22/h3-17,19,31H,18,20-21H2,1-2H3,(H,34,38). The molecule has 1 unspecified atom stereocenters. The number of rotatable bonds is 9. The van der Waals surface area contributed by atoms with Gasteiger partial charge in [-0.2, -0.15) is 0 Å². The molecule has 0 aliphatic carbocycles. The Kier molecular flexibility index (Phi) is 7.96. The Morgan fingerprint density at radius 2 is 1.55 bits per heavy atom. The van der Waals surface area contributed by atoms with Crippen LogP contribution in [0.1, 0.15) is 22.7 Å². The van der Waals surface area contributed by atoms with Gasteiger partial charge in [-0.25, -0.2) is 4.39 Å². The van der Waals surface area contributed by atoms with Gasteiger partial charge in [0.15, 0.2) is 11.5 Å². The number of anilines is 2. The first-order valence-electron chi connectivity index (χ1n) is 12.9. The van der Waals surface area contributed by atoms with Crippen molar-refractivity contribution in [2.24, 2.45) is 0 Å². The van der Waals surface area contributed by atoms with Crippen molar-refractivity contribution in [1.29, 1.82) is 0 Å². The third kappa shape index (κ3) is 6.23. The van der Waals surface area contributed by atoms with Crippen molar-refractivity contribution in [3.8, 4) is 11.5 Å². The zero-order chi connectivity index (χ0) is 28.1. The average molecular weight is 540 g/mol. The number of nitrogens with zero attached hydrogens (tertiary/aromatic N) is 2. The minimum Gasteiger partial charge on any atom is -0.454 e. The summed E-state index contributed by atoms with van der Waals surface area (Å²) in [5.74, 6) is 0.0548. The van der Waals surface area contributed by atoms with Gasteiger partial charge in [-0.05, 0) is 65.2 Å². The van der Waals surface area contributed by atoms with Crippen molar-refractivity contribution in [2.75, 3.05) is 31.1 Å². The molecule has 2 amide bonds. The topological polar surface area (TPSA) is 71.1 Å². The van der Waals surface area contributed by atoms with E-state index in [1.54, 1.807) is 30.3 Å². The maximum atomic E-state index is 14.0. The average Bonchev–Trinajstić information content (AvgIpc) is 3.43. The molecule has 0 saturated heterocycles. The van der Waals surface area contributed by atoms with Crippen LogP contribution in [0.3, 0.4) is 0 Å². The van der Waals surface area contributed by atoms with Crippen LogP contribution in [0.2, 0.25) is 0 Å². The molecule has 1 aliphatic rings. The fourth-order valence-corrected chi connectivity index (χ4v) is 4.59. The van der Waals surface area contributed by atoms with E-state index in [0.717, 1.165) is 11.3 Å². The minimum atomic E-state index is -1.01. The van der Waals surface area contributed by atoms with E-state index in [4.69, 9.17) is 9.47 Å².